The van der Waals surface area contributed by atoms with Gasteiger partial charge < -0.3 is 10.8 Å². The van der Waals surface area contributed by atoms with Crippen molar-refractivity contribution >= 4 is 11.6 Å². The highest BCUT2D eigenvalue weighted by atomic mass is 35.5. The molecule has 1 aromatic rings. The van der Waals surface area contributed by atoms with Crippen molar-refractivity contribution in [1.29, 1.82) is 0 Å². The number of halogens is 1. The molecule has 0 bridgehead atoms. The van der Waals surface area contributed by atoms with Gasteiger partial charge in [0, 0.05) is 5.02 Å². The summed E-state index contributed by atoms with van der Waals surface area (Å²) in [4.78, 5) is 0. The number of hydrogen-bond acceptors (Lipinski definition) is 2. The maximum atomic E-state index is 9.34. The molecule has 0 aliphatic rings. The Morgan fingerprint density at radius 1 is 1.46 bits per heavy atom. The number of aliphatic hydroxyl groups is 1. The Kier molecular flexibility index (Phi) is 3.31. The summed E-state index contributed by atoms with van der Waals surface area (Å²) in [7, 11) is 0. The molecule has 3 N–H and O–H groups in total. The van der Waals surface area contributed by atoms with Crippen molar-refractivity contribution < 1.29 is 5.11 Å². The average Bonchev–Trinajstić information content (AvgIpc) is 2.03. The van der Waals surface area contributed by atoms with Gasteiger partial charge in [-0.2, -0.15) is 0 Å². The molecule has 0 heterocycles. The first-order valence-corrected chi connectivity index (χ1v) is 4.60. The number of hydrogen-bond donors (Lipinski definition) is 2. The molecule has 2 atom stereocenters. The smallest absolute Gasteiger partial charge is 0.0705 e. The van der Waals surface area contributed by atoms with Gasteiger partial charge in [-0.25, -0.2) is 0 Å². The van der Waals surface area contributed by atoms with Crippen molar-refractivity contribution in [2.75, 3.05) is 0 Å². The first-order valence-electron chi connectivity index (χ1n) is 4.22. The summed E-state index contributed by atoms with van der Waals surface area (Å²) in [5.74, 6) is 0. The van der Waals surface area contributed by atoms with Crippen LogP contribution in [-0.2, 0) is 0 Å². The van der Waals surface area contributed by atoms with Gasteiger partial charge in [0.05, 0.1) is 12.1 Å². The Labute approximate surface area is 83.3 Å². The van der Waals surface area contributed by atoms with Gasteiger partial charge >= 0.3 is 0 Å². The zero-order valence-corrected chi connectivity index (χ0v) is 8.55. The lowest BCUT2D eigenvalue weighted by atomic mass is 9.98. The molecule has 0 amide bonds. The van der Waals surface area contributed by atoms with Gasteiger partial charge in [0.2, 0.25) is 0 Å². The lowest BCUT2D eigenvalue weighted by molar-refractivity contribution is 0.164. The van der Waals surface area contributed by atoms with Crippen molar-refractivity contribution in [2.24, 2.45) is 5.73 Å². The van der Waals surface area contributed by atoms with Crippen molar-refractivity contribution in [3.8, 4) is 0 Å². The molecule has 72 valence electrons. The molecule has 3 heteroatoms. The number of aryl methyl sites for hydroxylation is 1. The van der Waals surface area contributed by atoms with Crippen LogP contribution in [0.25, 0.3) is 0 Å². The quantitative estimate of drug-likeness (QED) is 0.766. The molecule has 1 rings (SSSR count). The normalized spacial score (nSPS) is 15.5. The fourth-order valence-electron chi connectivity index (χ4n) is 1.31. The Balaban J connectivity index is 3.12. The third-order valence-corrected chi connectivity index (χ3v) is 2.45. The van der Waals surface area contributed by atoms with Gasteiger partial charge in [0.15, 0.2) is 0 Å². The van der Waals surface area contributed by atoms with E-state index < -0.39 is 12.1 Å². The summed E-state index contributed by atoms with van der Waals surface area (Å²) in [6, 6.07) is 5.18. The summed E-state index contributed by atoms with van der Waals surface area (Å²) >= 11 is 5.98. The van der Waals surface area contributed by atoms with Crippen LogP contribution in [0.2, 0.25) is 5.02 Å². The fourth-order valence-corrected chi connectivity index (χ4v) is 1.66. The number of benzene rings is 1. The summed E-state index contributed by atoms with van der Waals surface area (Å²) in [6.07, 6.45) is -0.585. The second kappa shape index (κ2) is 4.09. The van der Waals surface area contributed by atoms with Gasteiger partial charge in [-0.15, -0.1) is 0 Å². The van der Waals surface area contributed by atoms with Crippen LogP contribution in [0.15, 0.2) is 18.2 Å². The van der Waals surface area contributed by atoms with Gasteiger partial charge in [0.25, 0.3) is 0 Å². The molecule has 0 aromatic heterocycles. The van der Waals surface area contributed by atoms with E-state index in [9.17, 15) is 5.11 Å². The predicted molar refractivity (Wildman–Crippen MR) is 54.8 cm³/mol. The van der Waals surface area contributed by atoms with E-state index in [-0.39, 0.29) is 0 Å². The highest BCUT2D eigenvalue weighted by Gasteiger charge is 2.16. The molecule has 0 saturated carbocycles. The Morgan fingerprint density at radius 3 is 2.54 bits per heavy atom. The van der Waals surface area contributed by atoms with Gasteiger partial charge in [-0.05, 0) is 31.0 Å². The summed E-state index contributed by atoms with van der Waals surface area (Å²) in [6.45, 7) is 3.59. The van der Waals surface area contributed by atoms with E-state index in [1.165, 1.54) is 0 Å². The molecule has 0 saturated heterocycles. The van der Waals surface area contributed by atoms with Crippen LogP contribution in [0, 0.1) is 6.92 Å². The van der Waals surface area contributed by atoms with Crippen LogP contribution in [0.5, 0.6) is 0 Å². The van der Waals surface area contributed by atoms with Crippen molar-refractivity contribution in [3.05, 3.63) is 34.3 Å². The van der Waals surface area contributed by atoms with E-state index in [0.717, 1.165) is 11.1 Å². The lowest BCUT2D eigenvalue weighted by Gasteiger charge is -2.18. The largest absolute Gasteiger partial charge is 0.391 e. The molecule has 0 radical (unpaired) electrons. The monoisotopic (exact) mass is 199 g/mol. The van der Waals surface area contributed by atoms with Gasteiger partial charge in [-0.3, -0.25) is 0 Å². The van der Waals surface area contributed by atoms with Crippen LogP contribution >= 0.6 is 11.6 Å². The van der Waals surface area contributed by atoms with E-state index in [1.807, 2.05) is 19.1 Å². The Morgan fingerprint density at radius 2 is 2.08 bits per heavy atom. The minimum atomic E-state index is -0.585. The summed E-state index contributed by atoms with van der Waals surface area (Å²) in [5.41, 5.74) is 7.65. The lowest BCUT2D eigenvalue weighted by Crippen LogP contribution is -2.24. The molecule has 13 heavy (non-hydrogen) atoms. The first-order chi connectivity index (χ1) is 6.04. The number of aliphatic hydroxyl groups excluding tert-OH is 1. The van der Waals surface area contributed by atoms with E-state index >= 15 is 0 Å². The first kappa shape index (κ1) is 10.5. The third kappa shape index (κ3) is 2.21. The number of nitrogens with two attached hydrogens (primary N) is 1. The van der Waals surface area contributed by atoms with Gasteiger partial charge in [0.1, 0.15) is 0 Å². The second-order valence-corrected chi connectivity index (χ2v) is 3.64. The summed E-state index contributed by atoms with van der Waals surface area (Å²) in [5, 5.41) is 9.96. The second-order valence-electron chi connectivity index (χ2n) is 3.24. The molecule has 0 aliphatic carbocycles. The fraction of sp³-hybridized carbons (Fsp3) is 0.400. The van der Waals surface area contributed by atoms with Crippen LogP contribution < -0.4 is 5.73 Å². The molecular weight excluding hydrogens is 186 g/mol. The van der Waals surface area contributed by atoms with Gasteiger partial charge in [-0.1, -0.05) is 23.7 Å². The zero-order valence-electron chi connectivity index (χ0n) is 7.79. The Hall–Kier alpha value is -0.570. The zero-order chi connectivity index (χ0) is 10.0. The van der Waals surface area contributed by atoms with Crippen LogP contribution in [0.3, 0.4) is 0 Å². The van der Waals surface area contributed by atoms with E-state index in [0.29, 0.717) is 5.02 Å². The molecule has 0 spiro atoms. The van der Waals surface area contributed by atoms with Crippen molar-refractivity contribution in [2.45, 2.75) is 26.0 Å². The predicted octanol–water partition coefficient (Wildman–Crippen LogP) is 2.03. The Bertz CT molecular complexity index is 279. The van der Waals surface area contributed by atoms with E-state index in [2.05, 4.69) is 0 Å². The van der Waals surface area contributed by atoms with Crippen LogP contribution in [0.1, 0.15) is 24.1 Å². The summed E-state index contributed by atoms with van der Waals surface area (Å²) < 4.78 is 0. The molecule has 0 fully saturated rings. The van der Waals surface area contributed by atoms with Crippen LogP contribution in [-0.4, -0.2) is 11.2 Å². The number of rotatable bonds is 2. The minimum absolute atomic E-state index is 0.409. The minimum Gasteiger partial charge on any atom is -0.391 e. The van der Waals surface area contributed by atoms with E-state index in [4.69, 9.17) is 17.3 Å². The highest BCUT2D eigenvalue weighted by molar-refractivity contribution is 6.31. The molecule has 0 aliphatic heterocycles. The van der Waals surface area contributed by atoms with Crippen molar-refractivity contribution in [3.63, 3.8) is 0 Å². The maximum absolute atomic E-state index is 9.34. The van der Waals surface area contributed by atoms with E-state index in [1.54, 1.807) is 13.0 Å². The topological polar surface area (TPSA) is 46.2 Å². The molecule has 1 aromatic carbocycles. The highest BCUT2D eigenvalue weighted by Crippen LogP contribution is 2.26. The standard InChI is InChI=1S/C10H14ClNO/c1-6-4-3-5-8(11)9(6)10(12)7(2)13/h3-5,7,10,13H,12H2,1-2H3/t7-,10-/m0/s1. The SMILES string of the molecule is Cc1cccc(Cl)c1[C@@H](N)[C@H](C)O. The van der Waals surface area contributed by atoms with Crippen LogP contribution in [0.4, 0.5) is 0 Å². The molecule has 0 unspecified atom stereocenters. The van der Waals surface area contributed by atoms with Crippen molar-refractivity contribution in [1.82, 2.24) is 0 Å². The molecule has 2 nitrogen and oxygen atoms in total. The molecular formula is C10H14ClNO. The average molecular weight is 200 g/mol. The maximum Gasteiger partial charge on any atom is 0.0705 e. The third-order valence-electron chi connectivity index (χ3n) is 2.12.